The third kappa shape index (κ3) is 3.96. The lowest BCUT2D eigenvalue weighted by atomic mass is 10.1. The van der Waals surface area contributed by atoms with Crippen LogP contribution >= 0.6 is 11.3 Å². The van der Waals surface area contributed by atoms with E-state index in [4.69, 9.17) is 0 Å². The van der Waals surface area contributed by atoms with Crippen molar-refractivity contribution in [3.63, 3.8) is 0 Å². The molecule has 0 aliphatic carbocycles. The molecule has 0 radical (unpaired) electrons. The van der Waals surface area contributed by atoms with E-state index < -0.39 is 0 Å². The molecule has 0 saturated carbocycles. The largest absolute Gasteiger partial charge is 0.344 e. The van der Waals surface area contributed by atoms with Gasteiger partial charge in [0, 0.05) is 41.7 Å². The van der Waals surface area contributed by atoms with Crippen LogP contribution in [0.4, 0.5) is 0 Å². The van der Waals surface area contributed by atoms with Gasteiger partial charge >= 0.3 is 0 Å². The molecule has 6 heteroatoms. The van der Waals surface area contributed by atoms with E-state index in [-0.39, 0.29) is 18.0 Å². The molecular formula is C17H22N4OS. The Labute approximate surface area is 140 Å². The first-order valence-electron chi connectivity index (χ1n) is 7.86. The Kier molecular flexibility index (Phi) is 5.05. The molecule has 0 spiro atoms. The van der Waals surface area contributed by atoms with Gasteiger partial charge in [0.1, 0.15) is 6.04 Å². The average Bonchev–Trinajstić information content (AvgIpc) is 3.21. The van der Waals surface area contributed by atoms with Crippen LogP contribution in [0.2, 0.25) is 0 Å². The molecule has 1 amide bonds. The first-order chi connectivity index (χ1) is 11.1. The Hall–Kier alpha value is -1.76. The molecular weight excluding hydrogens is 308 g/mol. The predicted molar refractivity (Wildman–Crippen MR) is 92.1 cm³/mol. The van der Waals surface area contributed by atoms with Gasteiger partial charge in [-0.2, -0.15) is 0 Å². The average molecular weight is 330 g/mol. The van der Waals surface area contributed by atoms with Gasteiger partial charge < -0.3 is 4.90 Å². The number of hydrazine groups is 1. The molecule has 3 heterocycles. The van der Waals surface area contributed by atoms with Crippen molar-refractivity contribution >= 4 is 17.2 Å². The van der Waals surface area contributed by atoms with Gasteiger partial charge in [0.2, 0.25) is 5.91 Å². The van der Waals surface area contributed by atoms with E-state index in [9.17, 15) is 4.79 Å². The highest BCUT2D eigenvalue weighted by molar-refractivity contribution is 7.12. The quantitative estimate of drug-likeness (QED) is 0.881. The number of carbonyl (C=O) groups is 1. The predicted octanol–water partition coefficient (Wildman–Crippen LogP) is 2.06. The van der Waals surface area contributed by atoms with Gasteiger partial charge in [-0.1, -0.05) is 6.07 Å². The maximum absolute atomic E-state index is 12.6. The molecule has 3 rings (SSSR count). The van der Waals surface area contributed by atoms with Crippen LogP contribution in [0.15, 0.2) is 36.5 Å². The number of hydrogen-bond donors (Lipinski definition) is 2. The number of hydrogen-bond acceptors (Lipinski definition) is 5. The Morgan fingerprint density at radius 2 is 2.22 bits per heavy atom. The van der Waals surface area contributed by atoms with Crippen molar-refractivity contribution in [2.24, 2.45) is 0 Å². The highest BCUT2D eigenvalue weighted by Crippen LogP contribution is 2.28. The summed E-state index contributed by atoms with van der Waals surface area (Å²) in [5.41, 5.74) is 7.40. The standard InChI is InChI=1S/C17H22N4OS/c1-12-6-7-16(23-12)14-11-15(20-19-14)17(22)21(2)10-8-13-5-3-4-9-18-13/h3-7,9,14-15,19-20H,8,10-11H2,1-2H3. The molecule has 5 nitrogen and oxygen atoms in total. The van der Waals surface area contributed by atoms with Crippen LogP contribution in [-0.2, 0) is 11.2 Å². The molecule has 1 fully saturated rings. The van der Waals surface area contributed by atoms with Crippen LogP contribution in [0.25, 0.3) is 0 Å². The Balaban J connectivity index is 1.52. The number of carbonyl (C=O) groups excluding carboxylic acids is 1. The van der Waals surface area contributed by atoms with Crippen molar-refractivity contribution in [3.8, 4) is 0 Å². The molecule has 2 unspecified atom stereocenters. The second kappa shape index (κ2) is 7.21. The summed E-state index contributed by atoms with van der Waals surface area (Å²) in [5, 5.41) is 0. The number of nitrogens with zero attached hydrogens (tertiary/aromatic N) is 2. The van der Waals surface area contributed by atoms with Crippen molar-refractivity contribution in [1.82, 2.24) is 20.7 Å². The Bertz CT molecular complexity index is 658. The van der Waals surface area contributed by atoms with E-state index in [0.717, 1.165) is 18.5 Å². The maximum Gasteiger partial charge on any atom is 0.240 e. The Morgan fingerprint density at radius 3 is 2.91 bits per heavy atom. The van der Waals surface area contributed by atoms with Crippen LogP contribution in [0.5, 0.6) is 0 Å². The fraction of sp³-hybridized carbons (Fsp3) is 0.412. The number of likely N-dealkylation sites (N-methyl/N-ethyl adjacent to an activating group) is 1. The second-order valence-electron chi connectivity index (χ2n) is 5.91. The number of rotatable bonds is 5. The molecule has 1 aliphatic heterocycles. The van der Waals surface area contributed by atoms with Gasteiger partial charge in [0.15, 0.2) is 0 Å². The van der Waals surface area contributed by atoms with Crippen LogP contribution in [0.3, 0.4) is 0 Å². The zero-order valence-corrected chi connectivity index (χ0v) is 14.3. The second-order valence-corrected chi connectivity index (χ2v) is 7.23. The van der Waals surface area contributed by atoms with Crippen molar-refractivity contribution in [3.05, 3.63) is 52.0 Å². The third-order valence-corrected chi connectivity index (χ3v) is 5.23. The number of nitrogens with one attached hydrogen (secondary N) is 2. The summed E-state index contributed by atoms with van der Waals surface area (Å²) in [6.45, 7) is 2.78. The van der Waals surface area contributed by atoms with Gasteiger partial charge in [-0.05, 0) is 37.6 Å². The van der Waals surface area contributed by atoms with Gasteiger partial charge in [-0.3, -0.25) is 9.78 Å². The monoisotopic (exact) mass is 330 g/mol. The van der Waals surface area contributed by atoms with Crippen molar-refractivity contribution in [1.29, 1.82) is 0 Å². The minimum atomic E-state index is -0.170. The number of amides is 1. The topological polar surface area (TPSA) is 57.3 Å². The number of pyridine rings is 1. The molecule has 2 N–H and O–H groups in total. The van der Waals surface area contributed by atoms with E-state index >= 15 is 0 Å². The first-order valence-corrected chi connectivity index (χ1v) is 8.67. The van der Waals surface area contributed by atoms with Crippen molar-refractivity contribution in [2.75, 3.05) is 13.6 Å². The summed E-state index contributed by atoms with van der Waals surface area (Å²) in [6, 6.07) is 10.2. The highest BCUT2D eigenvalue weighted by atomic mass is 32.1. The molecule has 2 atom stereocenters. The highest BCUT2D eigenvalue weighted by Gasteiger charge is 2.32. The fourth-order valence-corrected chi connectivity index (χ4v) is 3.69. The SMILES string of the molecule is Cc1ccc(C2CC(C(=O)N(C)CCc3ccccn3)NN2)s1. The molecule has 2 aromatic rings. The molecule has 23 heavy (non-hydrogen) atoms. The summed E-state index contributed by atoms with van der Waals surface area (Å²) in [7, 11) is 1.86. The van der Waals surface area contributed by atoms with Crippen LogP contribution in [-0.4, -0.2) is 35.4 Å². The molecule has 0 bridgehead atoms. The summed E-state index contributed by atoms with van der Waals surface area (Å²) in [5.74, 6) is 0.129. The lowest BCUT2D eigenvalue weighted by Crippen LogP contribution is -2.44. The van der Waals surface area contributed by atoms with Crippen LogP contribution < -0.4 is 10.9 Å². The van der Waals surface area contributed by atoms with E-state index in [1.165, 1.54) is 9.75 Å². The van der Waals surface area contributed by atoms with E-state index in [2.05, 4.69) is 34.9 Å². The lowest BCUT2D eigenvalue weighted by Gasteiger charge is -2.20. The zero-order chi connectivity index (χ0) is 16.2. The number of aromatic nitrogens is 1. The van der Waals surface area contributed by atoms with Crippen molar-refractivity contribution in [2.45, 2.75) is 31.8 Å². The summed E-state index contributed by atoms with van der Waals surface area (Å²) in [4.78, 5) is 21.2. The molecule has 1 aliphatic rings. The van der Waals surface area contributed by atoms with E-state index in [1.807, 2.05) is 25.2 Å². The molecule has 122 valence electrons. The van der Waals surface area contributed by atoms with E-state index in [1.54, 1.807) is 22.4 Å². The van der Waals surface area contributed by atoms with Gasteiger partial charge in [0.25, 0.3) is 0 Å². The van der Waals surface area contributed by atoms with Gasteiger partial charge in [-0.15, -0.1) is 11.3 Å². The summed E-state index contributed by atoms with van der Waals surface area (Å²) >= 11 is 1.78. The molecule has 1 saturated heterocycles. The lowest BCUT2D eigenvalue weighted by molar-refractivity contribution is -0.131. The van der Waals surface area contributed by atoms with Crippen LogP contribution in [0.1, 0.15) is 27.9 Å². The van der Waals surface area contributed by atoms with E-state index in [0.29, 0.717) is 6.54 Å². The molecule has 0 aromatic carbocycles. The van der Waals surface area contributed by atoms with Gasteiger partial charge in [0.05, 0.1) is 6.04 Å². The first kappa shape index (κ1) is 16.1. The van der Waals surface area contributed by atoms with Crippen LogP contribution in [0, 0.1) is 6.92 Å². The number of aryl methyl sites for hydroxylation is 1. The maximum atomic E-state index is 12.6. The fourth-order valence-electron chi connectivity index (χ4n) is 2.75. The minimum absolute atomic E-state index is 0.129. The zero-order valence-electron chi connectivity index (χ0n) is 13.5. The molecule has 2 aromatic heterocycles. The number of thiophene rings is 1. The summed E-state index contributed by atoms with van der Waals surface area (Å²) in [6.07, 6.45) is 3.34. The summed E-state index contributed by atoms with van der Waals surface area (Å²) < 4.78 is 0. The minimum Gasteiger partial charge on any atom is -0.344 e. The normalized spacial score (nSPS) is 20.6. The van der Waals surface area contributed by atoms with Crippen molar-refractivity contribution < 1.29 is 4.79 Å². The smallest absolute Gasteiger partial charge is 0.240 e. The Morgan fingerprint density at radius 1 is 1.35 bits per heavy atom. The van der Waals surface area contributed by atoms with Gasteiger partial charge in [-0.25, -0.2) is 10.9 Å². The third-order valence-electron chi connectivity index (χ3n) is 4.11.